The first-order valence-electron chi connectivity index (χ1n) is 10.4. The lowest BCUT2D eigenvalue weighted by atomic mass is 9.81. The van der Waals surface area contributed by atoms with Gasteiger partial charge in [0.05, 0.1) is 14.2 Å². The molecule has 0 unspecified atom stereocenters. The zero-order valence-corrected chi connectivity index (χ0v) is 18.1. The molecule has 162 valence electrons. The Bertz CT molecular complexity index is 901. The molecule has 0 bridgehead atoms. The van der Waals surface area contributed by atoms with Crippen LogP contribution in [0.5, 0.6) is 17.2 Å². The topological polar surface area (TPSA) is 64.4 Å². The van der Waals surface area contributed by atoms with E-state index in [9.17, 15) is 4.79 Å². The Kier molecular flexibility index (Phi) is 5.64. The fraction of sp³-hybridized carbons (Fsp3) is 0.522. The monoisotopic (exact) mass is 414 g/mol. The second-order valence-electron chi connectivity index (χ2n) is 8.38. The van der Waals surface area contributed by atoms with Crippen molar-refractivity contribution in [2.45, 2.75) is 43.9 Å². The van der Waals surface area contributed by atoms with E-state index in [0.717, 1.165) is 44.5 Å². The largest absolute Gasteiger partial charge is 0.490 e. The number of benzene rings is 1. The zero-order valence-electron chi connectivity index (χ0n) is 18.1. The van der Waals surface area contributed by atoms with Crippen LogP contribution in [-0.4, -0.2) is 62.2 Å². The molecule has 4 rings (SSSR count). The molecule has 0 atom stereocenters. The molecule has 7 heteroatoms. The van der Waals surface area contributed by atoms with E-state index in [0.29, 0.717) is 11.5 Å². The van der Waals surface area contributed by atoms with Crippen molar-refractivity contribution in [3.8, 4) is 17.2 Å². The van der Waals surface area contributed by atoms with E-state index in [-0.39, 0.29) is 23.3 Å². The maximum atomic E-state index is 13.0. The summed E-state index contributed by atoms with van der Waals surface area (Å²) in [5.74, 6) is 1.73. The number of nitrogens with zero attached hydrogens (tertiary/aromatic N) is 2. The molecule has 1 saturated carbocycles. The van der Waals surface area contributed by atoms with E-state index in [4.69, 9.17) is 18.6 Å². The predicted molar refractivity (Wildman–Crippen MR) is 112 cm³/mol. The number of hydrogen-bond donors (Lipinski definition) is 0. The van der Waals surface area contributed by atoms with E-state index in [1.165, 1.54) is 26.0 Å². The number of carbonyl (C=O) groups excluding carboxylic acids is 1. The van der Waals surface area contributed by atoms with Gasteiger partial charge >= 0.3 is 0 Å². The first-order valence-corrected chi connectivity index (χ1v) is 10.4. The third-order valence-electron chi connectivity index (χ3n) is 6.36. The minimum atomic E-state index is -0.215. The summed E-state index contributed by atoms with van der Waals surface area (Å²) in [6.45, 7) is 1.77. The molecular formula is C23H30N2O5. The standard InChI is InChI=1S/C23H30N2O5/c1-24-13-16-7-5-6-8-18(16)30-23(15-24)11-9-17(10-12-23)25(2)22(26)21-20(28-4)19(27-3)14-29-21/h5-8,14,17H,9-13,15H2,1-4H3. The summed E-state index contributed by atoms with van der Waals surface area (Å²) < 4.78 is 22.6. The van der Waals surface area contributed by atoms with E-state index in [1.807, 2.05) is 13.1 Å². The highest BCUT2D eigenvalue weighted by molar-refractivity contribution is 5.95. The highest BCUT2D eigenvalue weighted by atomic mass is 16.5. The molecule has 1 aromatic carbocycles. The number of methoxy groups -OCH3 is 2. The summed E-state index contributed by atoms with van der Waals surface area (Å²) in [6.07, 6.45) is 4.94. The van der Waals surface area contributed by atoms with Gasteiger partial charge in [-0.3, -0.25) is 9.69 Å². The van der Waals surface area contributed by atoms with Crippen LogP contribution in [-0.2, 0) is 6.54 Å². The summed E-state index contributed by atoms with van der Waals surface area (Å²) >= 11 is 0. The molecule has 30 heavy (non-hydrogen) atoms. The van der Waals surface area contributed by atoms with Crippen molar-refractivity contribution < 1.29 is 23.4 Å². The Morgan fingerprint density at radius 1 is 1.20 bits per heavy atom. The maximum Gasteiger partial charge on any atom is 0.293 e. The normalized spacial score (nSPS) is 23.9. The number of rotatable bonds is 4. The Morgan fingerprint density at radius 2 is 1.93 bits per heavy atom. The number of para-hydroxylation sites is 1. The number of fused-ring (bicyclic) bond motifs is 1. The number of hydrogen-bond acceptors (Lipinski definition) is 6. The number of amides is 1. The summed E-state index contributed by atoms with van der Waals surface area (Å²) in [6, 6.07) is 8.41. The molecule has 1 aliphatic carbocycles. The van der Waals surface area contributed by atoms with Crippen LogP contribution in [0.25, 0.3) is 0 Å². The van der Waals surface area contributed by atoms with Crippen molar-refractivity contribution in [3.05, 3.63) is 41.9 Å². The van der Waals surface area contributed by atoms with Crippen LogP contribution in [0.3, 0.4) is 0 Å². The predicted octanol–water partition coefficient (Wildman–Crippen LogP) is 3.57. The van der Waals surface area contributed by atoms with Gasteiger partial charge in [0, 0.05) is 31.7 Å². The Labute approximate surface area is 177 Å². The Balaban J connectivity index is 1.46. The van der Waals surface area contributed by atoms with E-state index >= 15 is 0 Å². The third kappa shape index (κ3) is 3.74. The molecule has 1 spiro atoms. The van der Waals surface area contributed by atoms with Gasteiger partial charge in [0.2, 0.25) is 11.5 Å². The van der Waals surface area contributed by atoms with Crippen molar-refractivity contribution in [1.29, 1.82) is 0 Å². The van der Waals surface area contributed by atoms with Crippen molar-refractivity contribution >= 4 is 5.91 Å². The first-order chi connectivity index (χ1) is 14.5. The van der Waals surface area contributed by atoms with Crippen LogP contribution in [0.15, 0.2) is 34.9 Å². The summed E-state index contributed by atoms with van der Waals surface area (Å²) in [4.78, 5) is 17.1. The van der Waals surface area contributed by atoms with Gasteiger partial charge in [0.1, 0.15) is 17.6 Å². The SMILES string of the molecule is COc1coc(C(=O)N(C)C2CCC3(CC2)CN(C)Cc2ccccc2O3)c1OC. The summed E-state index contributed by atoms with van der Waals surface area (Å²) in [5, 5.41) is 0. The lowest BCUT2D eigenvalue weighted by Gasteiger charge is -2.43. The first kappa shape index (κ1) is 20.6. The maximum absolute atomic E-state index is 13.0. The molecule has 0 N–H and O–H groups in total. The highest BCUT2D eigenvalue weighted by Crippen LogP contribution is 2.40. The van der Waals surface area contributed by atoms with Gasteiger partial charge in [0.25, 0.3) is 5.91 Å². The van der Waals surface area contributed by atoms with Crippen LogP contribution in [0.4, 0.5) is 0 Å². The molecule has 2 aliphatic rings. The lowest BCUT2D eigenvalue weighted by molar-refractivity contribution is -0.00885. The fourth-order valence-corrected chi connectivity index (χ4v) is 4.75. The van der Waals surface area contributed by atoms with Crippen LogP contribution in [0.1, 0.15) is 41.8 Å². The van der Waals surface area contributed by atoms with Gasteiger partial charge in [-0.15, -0.1) is 0 Å². The smallest absolute Gasteiger partial charge is 0.293 e. The molecular weight excluding hydrogens is 384 g/mol. The van der Waals surface area contributed by atoms with Crippen LogP contribution in [0, 0.1) is 0 Å². The van der Waals surface area contributed by atoms with E-state index in [1.54, 1.807) is 4.90 Å². The molecule has 1 amide bonds. The van der Waals surface area contributed by atoms with Gasteiger partial charge in [-0.2, -0.15) is 0 Å². The number of furan rings is 1. The molecule has 7 nitrogen and oxygen atoms in total. The quantitative estimate of drug-likeness (QED) is 0.762. The van der Waals surface area contributed by atoms with Crippen LogP contribution < -0.4 is 14.2 Å². The van der Waals surface area contributed by atoms with Gasteiger partial charge in [0.15, 0.2) is 5.75 Å². The summed E-state index contributed by atoms with van der Waals surface area (Å²) in [5.41, 5.74) is 1.01. The Morgan fingerprint density at radius 3 is 2.63 bits per heavy atom. The van der Waals surface area contributed by atoms with Gasteiger partial charge < -0.3 is 23.5 Å². The highest BCUT2D eigenvalue weighted by Gasteiger charge is 2.42. The van der Waals surface area contributed by atoms with Crippen molar-refractivity contribution in [2.24, 2.45) is 0 Å². The average molecular weight is 415 g/mol. The fourth-order valence-electron chi connectivity index (χ4n) is 4.75. The minimum Gasteiger partial charge on any atom is -0.490 e. The number of ether oxygens (including phenoxy) is 3. The molecule has 0 saturated heterocycles. The average Bonchev–Trinajstić information content (AvgIpc) is 3.11. The van der Waals surface area contributed by atoms with E-state index < -0.39 is 0 Å². The molecule has 1 aromatic heterocycles. The second kappa shape index (κ2) is 8.22. The van der Waals surface area contributed by atoms with Crippen molar-refractivity contribution in [2.75, 3.05) is 34.9 Å². The van der Waals surface area contributed by atoms with Crippen LogP contribution >= 0.6 is 0 Å². The second-order valence-corrected chi connectivity index (χ2v) is 8.38. The Hall–Kier alpha value is -2.67. The molecule has 1 aliphatic heterocycles. The van der Waals surface area contributed by atoms with Gasteiger partial charge in [-0.05, 0) is 38.8 Å². The lowest BCUT2D eigenvalue weighted by Crippen LogP contribution is -2.51. The number of carbonyl (C=O) groups is 1. The third-order valence-corrected chi connectivity index (χ3v) is 6.36. The summed E-state index contributed by atoms with van der Waals surface area (Å²) in [7, 11) is 7.00. The molecule has 0 radical (unpaired) electrons. The molecule has 2 heterocycles. The van der Waals surface area contributed by atoms with Crippen molar-refractivity contribution in [1.82, 2.24) is 9.80 Å². The molecule has 2 aromatic rings. The van der Waals surface area contributed by atoms with Gasteiger partial charge in [-0.1, -0.05) is 18.2 Å². The van der Waals surface area contributed by atoms with E-state index in [2.05, 4.69) is 30.1 Å². The zero-order chi connectivity index (χ0) is 21.3. The van der Waals surface area contributed by atoms with Gasteiger partial charge in [-0.25, -0.2) is 0 Å². The van der Waals surface area contributed by atoms with Crippen LogP contribution in [0.2, 0.25) is 0 Å². The molecule has 1 fully saturated rings. The minimum absolute atomic E-state index is 0.122. The number of likely N-dealkylation sites (N-methyl/N-ethyl adjacent to an activating group) is 1. The van der Waals surface area contributed by atoms with Crippen molar-refractivity contribution in [3.63, 3.8) is 0 Å².